The van der Waals surface area contributed by atoms with Crippen LogP contribution in [0, 0.1) is 6.92 Å². The zero-order valence-corrected chi connectivity index (χ0v) is 14.2. The van der Waals surface area contributed by atoms with Crippen LogP contribution in [0.25, 0.3) is 0 Å². The van der Waals surface area contributed by atoms with Crippen LogP contribution in [0.3, 0.4) is 0 Å². The van der Waals surface area contributed by atoms with Crippen molar-refractivity contribution in [2.24, 2.45) is 4.99 Å². The Morgan fingerprint density at radius 3 is 2.69 bits per heavy atom. The van der Waals surface area contributed by atoms with Crippen LogP contribution in [0.4, 0.5) is 5.95 Å². The van der Waals surface area contributed by atoms with E-state index in [1.165, 1.54) is 22.8 Å². The SMILES string of the molecule is Cc1cc(=O)n2c(n1)NC(N1CCOCC1)=NC2c1ccc(O)c(O)c1. The number of hydrogen-bond donors (Lipinski definition) is 3. The van der Waals surface area contributed by atoms with Crippen molar-refractivity contribution in [2.45, 2.75) is 13.1 Å². The van der Waals surface area contributed by atoms with Gasteiger partial charge >= 0.3 is 0 Å². The summed E-state index contributed by atoms with van der Waals surface area (Å²) in [5.74, 6) is 0.501. The number of nitrogens with zero attached hydrogens (tertiary/aromatic N) is 4. The summed E-state index contributed by atoms with van der Waals surface area (Å²) >= 11 is 0. The summed E-state index contributed by atoms with van der Waals surface area (Å²) in [4.78, 5) is 23.7. The van der Waals surface area contributed by atoms with Gasteiger partial charge in [0.2, 0.25) is 11.9 Å². The lowest BCUT2D eigenvalue weighted by atomic mass is 10.1. The van der Waals surface area contributed by atoms with E-state index < -0.39 is 6.17 Å². The van der Waals surface area contributed by atoms with Gasteiger partial charge in [-0.3, -0.25) is 14.7 Å². The molecule has 1 aromatic carbocycles. The Labute approximate surface area is 149 Å². The van der Waals surface area contributed by atoms with Crippen LogP contribution in [-0.4, -0.2) is 56.9 Å². The number of morpholine rings is 1. The fourth-order valence-corrected chi connectivity index (χ4v) is 3.10. The van der Waals surface area contributed by atoms with E-state index >= 15 is 0 Å². The summed E-state index contributed by atoms with van der Waals surface area (Å²) in [6.45, 7) is 4.30. The lowest BCUT2D eigenvalue weighted by Gasteiger charge is -2.34. The number of hydrogen-bond acceptors (Lipinski definition) is 8. The first-order chi connectivity index (χ1) is 12.5. The van der Waals surface area contributed by atoms with E-state index in [2.05, 4.69) is 15.3 Å². The maximum atomic E-state index is 12.6. The molecule has 2 aliphatic rings. The summed E-state index contributed by atoms with van der Waals surface area (Å²) in [6.07, 6.45) is -0.698. The van der Waals surface area contributed by atoms with E-state index in [1.807, 2.05) is 4.90 Å². The Morgan fingerprint density at radius 1 is 1.19 bits per heavy atom. The third kappa shape index (κ3) is 2.86. The first-order valence-electron chi connectivity index (χ1n) is 8.32. The van der Waals surface area contributed by atoms with Gasteiger partial charge in [-0.1, -0.05) is 6.07 Å². The highest BCUT2D eigenvalue weighted by atomic mass is 16.5. The van der Waals surface area contributed by atoms with Gasteiger partial charge in [-0.25, -0.2) is 9.98 Å². The molecule has 136 valence electrons. The molecule has 1 fully saturated rings. The number of aryl methyl sites for hydroxylation is 1. The number of anilines is 1. The largest absolute Gasteiger partial charge is 0.504 e. The molecule has 1 saturated heterocycles. The van der Waals surface area contributed by atoms with Crippen molar-refractivity contribution in [1.29, 1.82) is 0 Å². The number of nitrogens with one attached hydrogen (secondary N) is 1. The third-order valence-corrected chi connectivity index (χ3v) is 4.40. The Hall–Kier alpha value is -3.07. The summed E-state index contributed by atoms with van der Waals surface area (Å²) in [7, 11) is 0. The van der Waals surface area contributed by atoms with Gasteiger partial charge in [-0.15, -0.1) is 0 Å². The molecule has 1 atom stereocenters. The number of phenols is 2. The maximum Gasteiger partial charge on any atom is 0.257 e. The fourth-order valence-electron chi connectivity index (χ4n) is 3.10. The van der Waals surface area contributed by atoms with Gasteiger partial charge < -0.3 is 19.8 Å². The second-order valence-corrected chi connectivity index (χ2v) is 6.23. The van der Waals surface area contributed by atoms with Crippen molar-refractivity contribution < 1.29 is 14.9 Å². The highest BCUT2D eigenvalue weighted by Crippen LogP contribution is 2.32. The minimum atomic E-state index is -0.698. The van der Waals surface area contributed by atoms with E-state index in [-0.39, 0.29) is 17.1 Å². The average Bonchev–Trinajstić information content (AvgIpc) is 2.63. The molecule has 3 heterocycles. The molecule has 0 radical (unpaired) electrons. The molecular formula is C17H19N5O4. The second kappa shape index (κ2) is 6.34. The van der Waals surface area contributed by atoms with Crippen LogP contribution in [0.5, 0.6) is 11.5 Å². The summed E-state index contributed by atoms with van der Waals surface area (Å²) in [6, 6.07) is 5.85. The smallest absolute Gasteiger partial charge is 0.257 e. The molecule has 0 bridgehead atoms. The third-order valence-electron chi connectivity index (χ3n) is 4.40. The number of aromatic hydroxyl groups is 2. The highest BCUT2D eigenvalue weighted by Gasteiger charge is 2.28. The molecule has 0 amide bonds. The Morgan fingerprint density at radius 2 is 1.96 bits per heavy atom. The summed E-state index contributed by atoms with van der Waals surface area (Å²) in [5.41, 5.74) is 0.924. The molecule has 4 rings (SSSR count). The Balaban J connectivity index is 1.84. The number of aromatic nitrogens is 2. The fraction of sp³-hybridized carbons (Fsp3) is 0.353. The Kier molecular flexibility index (Phi) is 4.00. The molecule has 1 unspecified atom stereocenters. The van der Waals surface area contributed by atoms with Crippen LogP contribution >= 0.6 is 0 Å². The van der Waals surface area contributed by atoms with Crippen molar-refractivity contribution in [1.82, 2.24) is 14.5 Å². The van der Waals surface area contributed by atoms with E-state index in [4.69, 9.17) is 4.74 Å². The standard InChI is InChI=1S/C17H19N5O4/c1-10-8-14(25)22-15(11-2-3-12(23)13(24)9-11)19-16(20-17(22)18-10)21-4-6-26-7-5-21/h2-3,8-9,15,23-24H,4-7H2,1H3,(H,18,19,20). The first kappa shape index (κ1) is 16.4. The van der Waals surface area contributed by atoms with Crippen LogP contribution < -0.4 is 10.9 Å². The van der Waals surface area contributed by atoms with Gasteiger partial charge in [-0.2, -0.15) is 0 Å². The lowest BCUT2D eigenvalue weighted by Crippen LogP contribution is -2.47. The number of aliphatic imine (C=N–C) groups is 1. The van der Waals surface area contributed by atoms with Crippen LogP contribution in [0.1, 0.15) is 17.4 Å². The van der Waals surface area contributed by atoms with Gasteiger partial charge in [-0.05, 0) is 19.1 Å². The minimum absolute atomic E-state index is 0.227. The van der Waals surface area contributed by atoms with Gasteiger partial charge in [0.15, 0.2) is 17.7 Å². The molecule has 0 aliphatic carbocycles. The van der Waals surface area contributed by atoms with Gasteiger partial charge in [0, 0.05) is 30.4 Å². The maximum absolute atomic E-state index is 12.6. The molecule has 2 aliphatic heterocycles. The summed E-state index contributed by atoms with van der Waals surface area (Å²) in [5, 5.41) is 22.6. The quantitative estimate of drug-likeness (QED) is 0.642. The topological polar surface area (TPSA) is 112 Å². The van der Waals surface area contributed by atoms with Gasteiger partial charge in [0.1, 0.15) is 0 Å². The van der Waals surface area contributed by atoms with E-state index in [9.17, 15) is 15.0 Å². The molecule has 2 aromatic rings. The average molecular weight is 357 g/mol. The van der Waals surface area contributed by atoms with Gasteiger partial charge in [0.25, 0.3) is 5.56 Å². The van der Waals surface area contributed by atoms with Gasteiger partial charge in [0.05, 0.1) is 13.2 Å². The molecule has 0 saturated carbocycles. The predicted molar refractivity (Wildman–Crippen MR) is 94.6 cm³/mol. The van der Waals surface area contributed by atoms with Crippen LogP contribution in [-0.2, 0) is 4.74 Å². The molecule has 0 spiro atoms. The van der Waals surface area contributed by atoms with Crippen molar-refractivity contribution in [2.75, 3.05) is 31.6 Å². The van der Waals surface area contributed by atoms with E-state index in [0.717, 1.165) is 0 Å². The molecule has 9 nitrogen and oxygen atoms in total. The zero-order chi connectivity index (χ0) is 18.3. The molecule has 3 N–H and O–H groups in total. The molecular weight excluding hydrogens is 338 g/mol. The van der Waals surface area contributed by atoms with Crippen molar-refractivity contribution in [3.8, 4) is 11.5 Å². The number of guanidine groups is 1. The number of benzene rings is 1. The Bertz CT molecular complexity index is 933. The van der Waals surface area contributed by atoms with E-state index in [0.29, 0.717) is 49.5 Å². The number of rotatable bonds is 1. The molecule has 1 aromatic heterocycles. The number of fused-ring (bicyclic) bond motifs is 1. The zero-order valence-electron chi connectivity index (χ0n) is 14.2. The predicted octanol–water partition coefficient (Wildman–Crippen LogP) is 0.624. The van der Waals surface area contributed by atoms with Crippen molar-refractivity contribution >= 4 is 11.9 Å². The van der Waals surface area contributed by atoms with Crippen LogP contribution in [0.2, 0.25) is 0 Å². The lowest BCUT2D eigenvalue weighted by molar-refractivity contribution is 0.0675. The van der Waals surface area contributed by atoms with Crippen molar-refractivity contribution in [3.05, 3.63) is 45.9 Å². The number of ether oxygens (including phenoxy) is 1. The van der Waals surface area contributed by atoms with Crippen LogP contribution in [0.15, 0.2) is 34.1 Å². The molecule has 26 heavy (non-hydrogen) atoms. The molecule has 9 heteroatoms. The number of phenolic OH excluding ortho intramolecular Hbond substituents is 2. The summed E-state index contributed by atoms with van der Waals surface area (Å²) < 4.78 is 6.82. The monoisotopic (exact) mass is 357 g/mol. The van der Waals surface area contributed by atoms with E-state index in [1.54, 1.807) is 13.0 Å². The normalized spacial score (nSPS) is 19.5. The first-order valence-corrected chi connectivity index (χ1v) is 8.32. The van der Waals surface area contributed by atoms with Crippen molar-refractivity contribution in [3.63, 3.8) is 0 Å². The minimum Gasteiger partial charge on any atom is -0.504 e. The highest BCUT2D eigenvalue weighted by molar-refractivity contribution is 5.93. The second-order valence-electron chi connectivity index (χ2n) is 6.23.